The van der Waals surface area contributed by atoms with E-state index in [2.05, 4.69) is 15.0 Å². The lowest BCUT2D eigenvalue weighted by Gasteiger charge is -1.91. The average molecular weight is 174 g/mol. The van der Waals surface area contributed by atoms with Crippen LogP contribution in [0.3, 0.4) is 0 Å². The Morgan fingerprint density at radius 3 is 3.15 bits per heavy atom. The molecule has 0 saturated heterocycles. The van der Waals surface area contributed by atoms with Crippen molar-refractivity contribution in [3.05, 3.63) is 36.5 Å². The molecule has 2 aromatic heterocycles. The van der Waals surface area contributed by atoms with E-state index in [1.54, 1.807) is 12.4 Å². The second-order valence-corrected chi connectivity index (χ2v) is 2.71. The zero-order valence-electron chi connectivity index (χ0n) is 7.31. The number of aryl methyl sites for hydroxylation is 1. The first-order chi connectivity index (χ1) is 6.36. The summed E-state index contributed by atoms with van der Waals surface area (Å²) in [6.07, 6.45) is 7.20. The Bertz CT molecular complexity index is 397. The number of nitrogens with zero attached hydrogens (tertiary/aromatic N) is 3. The van der Waals surface area contributed by atoms with E-state index in [1.807, 2.05) is 36.1 Å². The van der Waals surface area contributed by atoms with Crippen LogP contribution in [-0.2, 0) is 7.05 Å². The fourth-order valence-electron chi connectivity index (χ4n) is 1.03. The molecule has 0 fully saturated rings. The third-order valence-electron chi connectivity index (χ3n) is 1.76. The molecule has 0 amide bonds. The predicted octanol–water partition coefficient (Wildman–Crippen LogP) is 1.50. The molecule has 2 aromatic rings. The van der Waals surface area contributed by atoms with Crippen molar-refractivity contribution >= 4 is 12.0 Å². The number of hydrogen-bond acceptors (Lipinski definition) is 2. The maximum Gasteiger partial charge on any atom is 0.150 e. The predicted molar refractivity (Wildman–Crippen MR) is 51.3 cm³/mol. The van der Waals surface area contributed by atoms with Gasteiger partial charge in [-0.3, -0.25) is 0 Å². The van der Waals surface area contributed by atoms with Crippen LogP contribution in [-0.4, -0.2) is 20.7 Å². The van der Waals surface area contributed by atoms with E-state index in [-0.39, 0.29) is 0 Å². The van der Waals surface area contributed by atoms with Crippen molar-refractivity contribution in [3.8, 4) is 0 Å². The quantitative estimate of drug-likeness (QED) is 0.689. The average Bonchev–Trinajstić information content (AvgIpc) is 2.72. The van der Waals surface area contributed by atoms with Gasteiger partial charge in [-0.05, 0) is 12.1 Å². The molecule has 0 bridgehead atoms. The van der Waals surface area contributed by atoms with Crippen LogP contribution in [0.25, 0.3) is 0 Å². The molecule has 13 heavy (non-hydrogen) atoms. The highest BCUT2D eigenvalue weighted by Gasteiger charge is 1.93. The molecule has 2 rings (SSSR count). The van der Waals surface area contributed by atoms with E-state index in [0.29, 0.717) is 0 Å². The summed E-state index contributed by atoms with van der Waals surface area (Å²) < 4.78 is 1.91. The lowest BCUT2D eigenvalue weighted by molar-refractivity contribution is 0.902. The Balaban J connectivity index is 2.19. The molecule has 0 unspecified atom stereocenters. The minimum atomic E-state index is 0.836. The number of imidazole rings is 1. The third-order valence-corrected chi connectivity index (χ3v) is 1.76. The molecule has 0 saturated carbocycles. The first kappa shape index (κ1) is 7.79. The fraction of sp³-hybridized carbons (Fsp3) is 0.111. The van der Waals surface area contributed by atoms with E-state index < -0.39 is 0 Å². The number of rotatable bonds is 2. The van der Waals surface area contributed by atoms with Crippen LogP contribution in [0.15, 0.2) is 35.7 Å². The van der Waals surface area contributed by atoms with E-state index in [1.165, 1.54) is 0 Å². The van der Waals surface area contributed by atoms with Gasteiger partial charge >= 0.3 is 0 Å². The third kappa shape index (κ3) is 1.66. The topological polar surface area (TPSA) is 46.0 Å². The van der Waals surface area contributed by atoms with E-state index in [0.717, 1.165) is 11.6 Å². The Kier molecular flexibility index (Phi) is 1.96. The van der Waals surface area contributed by atoms with Crippen molar-refractivity contribution in [1.29, 1.82) is 0 Å². The van der Waals surface area contributed by atoms with E-state index in [9.17, 15) is 0 Å². The lowest BCUT2D eigenvalue weighted by Crippen LogP contribution is -1.94. The summed E-state index contributed by atoms with van der Waals surface area (Å²) in [5, 5.41) is 0. The van der Waals surface area contributed by atoms with Gasteiger partial charge in [-0.15, -0.1) is 0 Å². The van der Waals surface area contributed by atoms with Gasteiger partial charge in [0, 0.05) is 25.6 Å². The summed E-state index contributed by atoms with van der Waals surface area (Å²) in [5.74, 6) is 1.68. The summed E-state index contributed by atoms with van der Waals surface area (Å²) in [7, 11) is 1.93. The first-order valence-corrected chi connectivity index (χ1v) is 4.01. The zero-order chi connectivity index (χ0) is 9.10. The number of aliphatic imine (C=N–C) groups is 1. The Morgan fingerprint density at radius 2 is 2.54 bits per heavy atom. The zero-order valence-corrected chi connectivity index (χ0v) is 7.31. The summed E-state index contributed by atoms with van der Waals surface area (Å²) in [6.45, 7) is 0. The van der Waals surface area contributed by atoms with Gasteiger partial charge in [0.15, 0.2) is 5.82 Å². The SMILES string of the molecule is Cn1ccnc1/C=N\c1ccc[nH]1. The van der Waals surface area contributed by atoms with Crippen molar-refractivity contribution in [2.75, 3.05) is 0 Å². The Hall–Kier alpha value is -1.84. The molecule has 1 N–H and O–H groups in total. The van der Waals surface area contributed by atoms with Crippen LogP contribution >= 0.6 is 0 Å². The normalized spacial score (nSPS) is 11.2. The minimum absolute atomic E-state index is 0.836. The first-order valence-electron chi connectivity index (χ1n) is 4.01. The van der Waals surface area contributed by atoms with Crippen LogP contribution < -0.4 is 0 Å². The fourth-order valence-corrected chi connectivity index (χ4v) is 1.03. The molecular weight excluding hydrogens is 164 g/mol. The van der Waals surface area contributed by atoms with Crippen LogP contribution in [0.5, 0.6) is 0 Å². The molecule has 2 heterocycles. The second-order valence-electron chi connectivity index (χ2n) is 2.71. The molecule has 0 radical (unpaired) electrons. The smallest absolute Gasteiger partial charge is 0.150 e. The van der Waals surface area contributed by atoms with Crippen molar-refractivity contribution < 1.29 is 0 Å². The van der Waals surface area contributed by atoms with Crippen LogP contribution in [0, 0.1) is 0 Å². The molecule has 0 aliphatic rings. The summed E-state index contributed by atoms with van der Waals surface area (Å²) in [6, 6.07) is 3.81. The molecule has 66 valence electrons. The van der Waals surface area contributed by atoms with Crippen molar-refractivity contribution in [2.24, 2.45) is 12.0 Å². The maximum absolute atomic E-state index is 4.21. The molecule has 0 aliphatic heterocycles. The van der Waals surface area contributed by atoms with Gasteiger partial charge in [0.25, 0.3) is 0 Å². The van der Waals surface area contributed by atoms with Crippen LogP contribution in [0.2, 0.25) is 0 Å². The molecule has 0 aromatic carbocycles. The van der Waals surface area contributed by atoms with Crippen molar-refractivity contribution in [1.82, 2.24) is 14.5 Å². The summed E-state index contributed by atoms with van der Waals surface area (Å²) in [5.41, 5.74) is 0. The second kappa shape index (κ2) is 3.26. The minimum Gasteiger partial charge on any atom is -0.347 e. The molecule has 0 spiro atoms. The van der Waals surface area contributed by atoms with E-state index >= 15 is 0 Å². The highest BCUT2D eigenvalue weighted by molar-refractivity contribution is 5.77. The molecule has 0 aliphatic carbocycles. The van der Waals surface area contributed by atoms with Crippen molar-refractivity contribution in [3.63, 3.8) is 0 Å². The van der Waals surface area contributed by atoms with Crippen LogP contribution in [0.1, 0.15) is 5.82 Å². The van der Waals surface area contributed by atoms with E-state index in [4.69, 9.17) is 0 Å². The van der Waals surface area contributed by atoms with Gasteiger partial charge in [-0.1, -0.05) is 0 Å². The molecule has 4 heteroatoms. The van der Waals surface area contributed by atoms with Gasteiger partial charge in [-0.2, -0.15) is 0 Å². The molecule has 4 nitrogen and oxygen atoms in total. The lowest BCUT2D eigenvalue weighted by atomic mass is 10.6. The molecular formula is C9H10N4. The molecule has 0 atom stereocenters. The Morgan fingerprint density at radius 1 is 1.62 bits per heavy atom. The van der Waals surface area contributed by atoms with Gasteiger partial charge in [0.05, 0.1) is 6.21 Å². The number of H-pyrrole nitrogens is 1. The largest absolute Gasteiger partial charge is 0.347 e. The van der Waals surface area contributed by atoms with Crippen molar-refractivity contribution in [2.45, 2.75) is 0 Å². The monoisotopic (exact) mass is 174 g/mol. The maximum atomic E-state index is 4.21. The number of hydrogen-bond donors (Lipinski definition) is 1. The van der Waals surface area contributed by atoms with Crippen LogP contribution in [0.4, 0.5) is 5.82 Å². The standard InChI is InChI=1S/C9H10N4/c1-13-6-5-11-9(13)7-12-8-3-2-4-10-8/h2-7,10H,1H3/b12-7-. The van der Waals surface area contributed by atoms with Gasteiger partial charge in [-0.25, -0.2) is 9.98 Å². The number of aromatic amines is 1. The highest BCUT2D eigenvalue weighted by atomic mass is 15.0. The number of aromatic nitrogens is 3. The Labute approximate surface area is 76.0 Å². The van der Waals surface area contributed by atoms with Gasteiger partial charge < -0.3 is 9.55 Å². The number of nitrogens with one attached hydrogen (secondary N) is 1. The summed E-state index contributed by atoms with van der Waals surface area (Å²) in [4.78, 5) is 11.3. The highest BCUT2D eigenvalue weighted by Crippen LogP contribution is 2.05. The van der Waals surface area contributed by atoms with Gasteiger partial charge in [0.2, 0.25) is 0 Å². The van der Waals surface area contributed by atoms with Gasteiger partial charge in [0.1, 0.15) is 5.82 Å². The summed E-state index contributed by atoms with van der Waals surface area (Å²) >= 11 is 0.